The van der Waals surface area contributed by atoms with Crippen LogP contribution in [0, 0.1) is 5.92 Å². The fourth-order valence-corrected chi connectivity index (χ4v) is 1.20. The van der Waals surface area contributed by atoms with Crippen molar-refractivity contribution in [3.8, 4) is 0 Å². The summed E-state index contributed by atoms with van der Waals surface area (Å²) in [4.78, 5) is 19.1. The zero-order valence-corrected chi connectivity index (χ0v) is 9.58. The zero-order chi connectivity index (χ0) is 11.3. The Morgan fingerprint density at radius 3 is 2.93 bits per heavy atom. The van der Waals surface area contributed by atoms with Crippen LogP contribution in [0.15, 0.2) is 12.4 Å². The monoisotopic (exact) mass is 227 g/mol. The number of halogens is 1. The minimum absolute atomic E-state index is 0.0425. The first kappa shape index (κ1) is 11.9. The first-order valence-electron chi connectivity index (χ1n) is 4.89. The molecule has 1 rings (SSSR count). The Kier molecular flexibility index (Phi) is 4.49. The van der Waals surface area contributed by atoms with Crippen LogP contribution in [0.4, 0.5) is 5.82 Å². The summed E-state index contributed by atoms with van der Waals surface area (Å²) in [6.45, 7) is 4.09. The molecule has 0 radical (unpaired) electrons. The molecule has 4 nitrogen and oxygen atoms in total. The zero-order valence-electron chi connectivity index (χ0n) is 8.83. The molecule has 1 unspecified atom stereocenters. The number of amides is 1. The number of hydrogen-bond donors (Lipinski definition) is 1. The van der Waals surface area contributed by atoms with Crippen LogP contribution in [0.2, 0.25) is 5.15 Å². The lowest BCUT2D eigenvalue weighted by molar-refractivity contribution is -0.117. The topological polar surface area (TPSA) is 54.9 Å². The Labute approximate surface area is 94.1 Å². The van der Waals surface area contributed by atoms with Crippen LogP contribution < -0.4 is 5.32 Å². The van der Waals surface area contributed by atoms with Crippen LogP contribution in [0.5, 0.6) is 0 Å². The van der Waals surface area contributed by atoms with Crippen LogP contribution in [0.25, 0.3) is 0 Å². The second kappa shape index (κ2) is 5.66. The Morgan fingerprint density at radius 2 is 2.33 bits per heavy atom. The molecule has 82 valence electrons. The van der Waals surface area contributed by atoms with E-state index in [4.69, 9.17) is 11.6 Å². The number of carbonyl (C=O) groups excluding carboxylic acids is 1. The van der Waals surface area contributed by atoms with Gasteiger partial charge in [0.25, 0.3) is 0 Å². The summed E-state index contributed by atoms with van der Waals surface area (Å²) in [5.74, 6) is 0.782. The minimum Gasteiger partial charge on any atom is -0.311 e. The Morgan fingerprint density at radius 1 is 1.60 bits per heavy atom. The lowest BCUT2D eigenvalue weighted by Crippen LogP contribution is -2.15. The Hall–Kier alpha value is -1.16. The molecule has 0 aliphatic carbocycles. The molecule has 15 heavy (non-hydrogen) atoms. The van der Waals surface area contributed by atoms with Crippen molar-refractivity contribution in [2.24, 2.45) is 5.92 Å². The van der Waals surface area contributed by atoms with Gasteiger partial charge in [0, 0.05) is 12.5 Å². The van der Waals surface area contributed by atoms with Crippen LogP contribution in [0.1, 0.15) is 26.7 Å². The van der Waals surface area contributed by atoms with E-state index in [0.29, 0.717) is 23.3 Å². The maximum Gasteiger partial charge on any atom is 0.225 e. The van der Waals surface area contributed by atoms with Crippen LogP contribution in [-0.4, -0.2) is 15.9 Å². The molecule has 0 saturated carbocycles. The van der Waals surface area contributed by atoms with Crippen molar-refractivity contribution in [2.75, 3.05) is 5.32 Å². The van der Waals surface area contributed by atoms with Gasteiger partial charge in [-0.3, -0.25) is 4.79 Å². The van der Waals surface area contributed by atoms with Crippen molar-refractivity contribution in [3.63, 3.8) is 0 Å². The van der Waals surface area contributed by atoms with E-state index in [1.807, 2.05) is 6.92 Å². The van der Waals surface area contributed by atoms with Crippen molar-refractivity contribution in [1.29, 1.82) is 0 Å². The third-order valence-electron chi connectivity index (χ3n) is 2.13. The standard InChI is InChI=1S/C10H14ClN3O/c1-3-7(2)4-10(15)14-9-5-8(11)12-6-13-9/h5-7H,3-4H2,1-2H3,(H,12,13,14,15). The molecule has 0 fully saturated rings. The number of anilines is 1. The Balaban J connectivity index is 2.51. The van der Waals surface area contributed by atoms with E-state index in [9.17, 15) is 4.79 Å². The van der Waals surface area contributed by atoms with Crippen molar-refractivity contribution in [2.45, 2.75) is 26.7 Å². The summed E-state index contributed by atoms with van der Waals surface area (Å²) < 4.78 is 0. The molecule has 0 bridgehead atoms. The van der Waals surface area contributed by atoms with Gasteiger partial charge in [-0.1, -0.05) is 31.9 Å². The lowest BCUT2D eigenvalue weighted by Gasteiger charge is -2.08. The molecule has 1 aromatic heterocycles. The minimum atomic E-state index is -0.0425. The molecule has 1 N–H and O–H groups in total. The number of hydrogen-bond acceptors (Lipinski definition) is 3. The molecule has 0 aromatic carbocycles. The van der Waals surface area contributed by atoms with Gasteiger partial charge >= 0.3 is 0 Å². The highest BCUT2D eigenvalue weighted by molar-refractivity contribution is 6.29. The lowest BCUT2D eigenvalue weighted by atomic mass is 10.1. The normalized spacial score (nSPS) is 12.2. The van der Waals surface area contributed by atoms with Gasteiger partial charge in [-0.2, -0.15) is 0 Å². The van der Waals surface area contributed by atoms with Crippen LogP contribution in [0.3, 0.4) is 0 Å². The number of nitrogens with zero attached hydrogens (tertiary/aromatic N) is 2. The largest absolute Gasteiger partial charge is 0.311 e. The van der Waals surface area contributed by atoms with Gasteiger partial charge in [0.15, 0.2) is 0 Å². The van der Waals surface area contributed by atoms with Crippen molar-refractivity contribution in [1.82, 2.24) is 9.97 Å². The maximum absolute atomic E-state index is 11.5. The molecular formula is C10H14ClN3O. The summed E-state index contributed by atoms with van der Waals surface area (Å²) in [6, 6.07) is 1.52. The molecule has 1 aromatic rings. The molecule has 1 atom stereocenters. The van der Waals surface area contributed by atoms with Gasteiger partial charge in [-0.15, -0.1) is 0 Å². The fourth-order valence-electron chi connectivity index (χ4n) is 1.06. The highest BCUT2D eigenvalue weighted by Crippen LogP contribution is 2.11. The molecule has 0 aliphatic heterocycles. The predicted molar refractivity (Wildman–Crippen MR) is 59.7 cm³/mol. The third kappa shape index (κ3) is 4.25. The van der Waals surface area contributed by atoms with E-state index in [-0.39, 0.29) is 5.91 Å². The summed E-state index contributed by atoms with van der Waals surface area (Å²) in [6.07, 6.45) is 2.80. The summed E-state index contributed by atoms with van der Waals surface area (Å²) >= 11 is 5.66. The van der Waals surface area contributed by atoms with E-state index < -0.39 is 0 Å². The first-order chi connectivity index (χ1) is 7.11. The highest BCUT2D eigenvalue weighted by atomic mass is 35.5. The Bertz CT molecular complexity index is 343. The number of nitrogens with one attached hydrogen (secondary N) is 1. The van der Waals surface area contributed by atoms with Gasteiger partial charge in [-0.05, 0) is 5.92 Å². The number of aromatic nitrogens is 2. The maximum atomic E-state index is 11.5. The smallest absolute Gasteiger partial charge is 0.225 e. The highest BCUT2D eigenvalue weighted by Gasteiger charge is 2.08. The van der Waals surface area contributed by atoms with Crippen LogP contribution >= 0.6 is 11.6 Å². The van der Waals surface area contributed by atoms with Crippen LogP contribution in [-0.2, 0) is 4.79 Å². The fraction of sp³-hybridized carbons (Fsp3) is 0.500. The van der Waals surface area contributed by atoms with Gasteiger partial charge in [-0.25, -0.2) is 9.97 Å². The second-order valence-corrected chi connectivity index (χ2v) is 3.88. The SMILES string of the molecule is CCC(C)CC(=O)Nc1cc(Cl)ncn1. The van der Waals surface area contributed by atoms with Gasteiger partial charge in [0.1, 0.15) is 17.3 Å². The van der Waals surface area contributed by atoms with E-state index in [1.54, 1.807) is 0 Å². The van der Waals surface area contributed by atoms with E-state index in [0.717, 1.165) is 6.42 Å². The molecule has 5 heteroatoms. The average Bonchev–Trinajstić information content (AvgIpc) is 2.17. The number of rotatable bonds is 4. The van der Waals surface area contributed by atoms with Gasteiger partial charge in [0.05, 0.1) is 0 Å². The average molecular weight is 228 g/mol. The van der Waals surface area contributed by atoms with Crippen molar-refractivity contribution in [3.05, 3.63) is 17.5 Å². The molecular weight excluding hydrogens is 214 g/mol. The first-order valence-corrected chi connectivity index (χ1v) is 5.27. The molecule has 0 spiro atoms. The molecule has 0 aliphatic rings. The summed E-state index contributed by atoms with van der Waals surface area (Å²) in [5.41, 5.74) is 0. The van der Waals surface area contributed by atoms with E-state index in [2.05, 4.69) is 22.2 Å². The van der Waals surface area contributed by atoms with Crippen molar-refractivity contribution >= 4 is 23.3 Å². The van der Waals surface area contributed by atoms with E-state index in [1.165, 1.54) is 12.4 Å². The summed E-state index contributed by atoms with van der Waals surface area (Å²) in [7, 11) is 0. The molecule has 1 amide bonds. The summed E-state index contributed by atoms with van der Waals surface area (Å²) in [5, 5.41) is 3.00. The molecule has 1 heterocycles. The van der Waals surface area contributed by atoms with Gasteiger partial charge in [0.2, 0.25) is 5.91 Å². The third-order valence-corrected chi connectivity index (χ3v) is 2.34. The second-order valence-electron chi connectivity index (χ2n) is 3.49. The van der Waals surface area contributed by atoms with Gasteiger partial charge < -0.3 is 5.32 Å². The molecule has 0 saturated heterocycles. The van der Waals surface area contributed by atoms with E-state index >= 15 is 0 Å². The quantitative estimate of drug-likeness (QED) is 0.805. The van der Waals surface area contributed by atoms with Crippen molar-refractivity contribution < 1.29 is 4.79 Å². The predicted octanol–water partition coefficient (Wildman–Crippen LogP) is 2.50. The number of carbonyl (C=O) groups is 1.